The molecule has 0 saturated heterocycles. The van der Waals surface area contributed by atoms with E-state index in [1.807, 2.05) is 36.7 Å². The molecule has 2 rings (SSSR count). The molecule has 0 fully saturated rings. The number of ether oxygens (including phenoxy) is 2. The highest BCUT2D eigenvalue weighted by Gasteiger charge is 2.14. The molecule has 1 aromatic carbocycles. The molecule has 1 aromatic heterocycles. The average Bonchev–Trinajstić information content (AvgIpc) is 2.79. The Morgan fingerprint density at radius 2 is 2.14 bits per heavy atom. The second kappa shape index (κ2) is 6.83. The number of nitrogens with two attached hydrogens (primary N) is 1. The fourth-order valence-electron chi connectivity index (χ4n) is 2.14. The molecule has 21 heavy (non-hydrogen) atoms. The summed E-state index contributed by atoms with van der Waals surface area (Å²) in [6.45, 7) is 5.39. The average molecular weight is 310 g/mol. The van der Waals surface area contributed by atoms with Crippen molar-refractivity contribution in [3.05, 3.63) is 40.2 Å². The molecule has 0 bridgehead atoms. The summed E-state index contributed by atoms with van der Waals surface area (Å²) in [5.74, 6) is 1.49. The van der Waals surface area contributed by atoms with E-state index in [4.69, 9.17) is 26.8 Å². The van der Waals surface area contributed by atoms with Crippen LogP contribution in [0.3, 0.4) is 0 Å². The Morgan fingerprint density at radius 3 is 2.76 bits per heavy atom. The lowest BCUT2D eigenvalue weighted by Gasteiger charge is -2.12. The number of rotatable bonds is 6. The number of methoxy groups -OCH3 is 1. The molecule has 0 unspecified atom stereocenters. The van der Waals surface area contributed by atoms with Gasteiger partial charge in [0.2, 0.25) is 0 Å². The van der Waals surface area contributed by atoms with Crippen molar-refractivity contribution in [1.82, 2.24) is 9.78 Å². The van der Waals surface area contributed by atoms with E-state index in [9.17, 15) is 0 Å². The van der Waals surface area contributed by atoms with E-state index in [0.717, 1.165) is 35.0 Å². The van der Waals surface area contributed by atoms with E-state index in [1.54, 1.807) is 7.11 Å². The monoisotopic (exact) mass is 309 g/mol. The van der Waals surface area contributed by atoms with E-state index >= 15 is 0 Å². The lowest BCUT2D eigenvalue weighted by atomic mass is 10.2. The van der Waals surface area contributed by atoms with Crippen molar-refractivity contribution in [3.63, 3.8) is 0 Å². The van der Waals surface area contributed by atoms with Gasteiger partial charge in [0.15, 0.2) is 0 Å². The Hall–Kier alpha value is -1.72. The predicted molar refractivity (Wildman–Crippen MR) is 82.9 cm³/mol. The first-order chi connectivity index (χ1) is 10.1. The first kappa shape index (κ1) is 15.7. The van der Waals surface area contributed by atoms with Crippen LogP contribution in [0.15, 0.2) is 18.2 Å². The second-order valence-corrected chi connectivity index (χ2v) is 5.01. The highest BCUT2D eigenvalue weighted by atomic mass is 35.5. The molecule has 0 radical (unpaired) electrons. The highest BCUT2D eigenvalue weighted by Crippen LogP contribution is 2.26. The molecular weight excluding hydrogens is 290 g/mol. The van der Waals surface area contributed by atoms with Crippen molar-refractivity contribution in [1.29, 1.82) is 0 Å². The van der Waals surface area contributed by atoms with E-state index < -0.39 is 0 Å². The second-order valence-electron chi connectivity index (χ2n) is 4.63. The van der Waals surface area contributed by atoms with Crippen molar-refractivity contribution in [2.75, 3.05) is 7.11 Å². The van der Waals surface area contributed by atoms with Gasteiger partial charge in [-0.3, -0.25) is 4.68 Å². The molecule has 0 amide bonds. The Morgan fingerprint density at radius 1 is 1.38 bits per heavy atom. The quantitative estimate of drug-likeness (QED) is 0.891. The number of aryl methyl sites for hydroxylation is 2. The Kier molecular flexibility index (Phi) is 5.09. The van der Waals surface area contributed by atoms with Gasteiger partial charge >= 0.3 is 0 Å². The number of hydrogen-bond acceptors (Lipinski definition) is 4. The summed E-state index contributed by atoms with van der Waals surface area (Å²) in [7, 11) is 1.62. The SMILES string of the molecule is CCn1nc(C)c(Cl)c1COc1ccc(OC)cc1CN. The van der Waals surface area contributed by atoms with Crippen LogP contribution in [0, 0.1) is 6.92 Å². The van der Waals surface area contributed by atoms with E-state index in [0.29, 0.717) is 18.2 Å². The number of aromatic nitrogens is 2. The number of halogens is 1. The largest absolute Gasteiger partial charge is 0.497 e. The number of benzene rings is 1. The highest BCUT2D eigenvalue weighted by molar-refractivity contribution is 6.31. The molecule has 0 aliphatic rings. The molecule has 0 atom stereocenters. The van der Waals surface area contributed by atoms with Crippen LogP contribution in [0.5, 0.6) is 11.5 Å². The first-order valence-corrected chi connectivity index (χ1v) is 7.20. The van der Waals surface area contributed by atoms with Gasteiger partial charge in [-0.25, -0.2) is 0 Å². The summed E-state index contributed by atoms with van der Waals surface area (Å²) >= 11 is 6.27. The fourth-order valence-corrected chi connectivity index (χ4v) is 2.33. The minimum absolute atomic E-state index is 0.354. The zero-order valence-electron chi connectivity index (χ0n) is 12.5. The molecule has 1 heterocycles. The van der Waals surface area contributed by atoms with E-state index in [-0.39, 0.29) is 0 Å². The summed E-state index contributed by atoms with van der Waals surface area (Å²) < 4.78 is 12.9. The molecule has 6 heteroatoms. The summed E-state index contributed by atoms with van der Waals surface area (Å²) in [6.07, 6.45) is 0. The van der Waals surface area contributed by atoms with Crippen LogP contribution in [-0.4, -0.2) is 16.9 Å². The molecule has 0 spiro atoms. The van der Waals surface area contributed by atoms with Crippen molar-refractivity contribution in [3.8, 4) is 11.5 Å². The van der Waals surface area contributed by atoms with Gasteiger partial charge < -0.3 is 15.2 Å². The number of hydrogen-bond donors (Lipinski definition) is 1. The van der Waals surface area contributed by atoms with Gasteiger partial charge in [-0.05, 0) is 32.0 Å². The Labute approximate surface area is 129 Å². The van der Waals surface area contributed by atoms with Gasteiger partial charge in [0.25, 0.3) is 0 Å². The van der Waals surface area contributed by atoms with Gasteiger partial charge in [0.05, 0.1) is 23.5 Å². The smallest absolute Gasteiger partial charge is 0.131 e. The maximum absolute atomic E-state index is 6.27. The molecule has 2 aromatic rings. The summed E-state index contributed by atoms with van der Waals surface area (Å²) in [5.41, 5.74) is 8.33. The lowest BCUT2D eigenvalue weighted by molar-refractivity contribution is 0.289. The van der Waals surface area contributed by atoms with Crippen LogP contribution in [0.2, 0.25) is 5.02 Å². The van der Waals surface area contributed by atoms with Crippen molar-refractivity contribution < 1.29 is 9.47 Å². The zero-order valence-corrected chi connectivity index (χ0v) is 13.3. The molecular formula is C15H20ClN3O2. The van der Waals surface area contributed by atoms with Gasteiger partial charge in [-0.1, -0.05) is 11.6 Å². The first-order valence-electron chi connectivity index (χ1n) is 6.82. The maximum Gasteiger partial charge on any atom is 0.131 e. The third-order valence-corrected chi connectivity index (χ3v) is 3.80. The van der Waals surface area contributed by atoms with E-state index in [2.05, 4.69) is 5.10 Å². The summed E-state index contributed by atoms with van der Waals surface area (Å²) in [4.78, 5) is 0. The van der Waals surface area contributed by atoms with Gasteiger partial charge in [-0.2, -0.15) is 5.10 Å². The zero-order chi connectivity index (χ0) is 15.4. The van der Waals surface area contributed by atoms with Gasteiger partial charge in [0.1, 0.15) is 18.1 Å². The van der Waals surface area contributed by atoms with Crippen LogP contribution >= 0.6 is 11.6 Å². The lowest BCUT2D eigenvalue weighted by Crippen LogP contribution is -2.08. The Balaban J connectivity index is 2.20. The number of nitrogens with zero attached hydrogens (tertiary/aromatic N) is 2. The molecule has 0 aliphatic heterocycles. The predicted octanol–water partition coefficient (Wildman–Crippen LogP) is 2.91. The minimum Gasteiger partial charge on any atom is -0.497 e. The third-order valence-electron chi connectivity index (χ3n) is 3.30. The Bertz CT molecular complexity index is 626. The van der Waals surface area contributed by atoms with Gasteiger partial charge in [-0.15, -0.1) is 0 Å². The van der Waals surface area contributed by atoms with Crippen LogP contribution < -0.4 is 15.2 Å². The standard InChI is InChI=1S/C15H20ClN3O2/c1-4-19-13(15(16)10(2)18-19)9-21-14-6-5-12(20-3)7-11(14)8-17/h5-7H,4,8-9,17H2,1-3H3. The third kappa shape index (κ3) is 3.31. The van der Waals surface area contributed by atoms with Crippen molar-refractivity contribution >= 4 is 11.6 Å². The molecule has 5 nitrogen and oxygen atoms in total. The van der Waals surface area contributed by atoms with Crippen LogP contribution in [0.25, 0.3) is 0 Å². The maximum atomic E-state index is 6.27. The fraction of sp³-hybridized carbons (Fsp3) is 0.400. The van der Waals surface area contributed by atoms with Crippen LogP contribution in [-0.2, 0) is 19.7 Å². The summed E-state index contributed by atoms with van der Waals surface area (Å²) in [5, 5.41) is 5.02. The van der Waals surface area contributed by atoms with Crippen LogP contribution in [0.1, 0.15) is 23.9 Å². The topological polar surface area (TPSA) is 62.3 Å². The molecule has 2 N–H and O–H groups in total. The van der Waals surface area contributed by atoms with Crippen LogP contribution in [0.4, 0.5) is 0 Å². The molecule has 0 saturated carbocycles. The van der Waals surface area contributed by atoms with Crippen molar-refractivity contribution in [2.24, 2.45) is 5.73 Å². The summed E-state index contributed by atoms with van der Waals surface area (Å²) in [6, 6.07) is 5.58. The van der Waals surface area contributed by atoms with Gasteiger partial charge in [0, 0.05) is 18.7 Å². The molecule has 114 valence electrons. The minimum atomic E-state index is 0.354. The normalized spacial score (nSPS) is 10.7. The molecule has 0 aliphatic carbocycles. The van der Waals surface area contributed by atoms with Crippen molar-refractivity contribution in [2.45, 2.75) is 33.5 Å². The van der Waals surface area contributed by atoms with E-state index in [1.165, 1.54) is 0 Å².